The molecule has 1 N–H and O–H groups in total. The molecule has 0 amide bonds. The molecule has 2 nitrogen and oxygen atoms in total. The number of benzene rings is 2. The van der Waals surface area contributed by atoms with Crippen molar-refractivity contribution in [1.82, 2.24) is 4.90 Å². The van der Waals surface area contributed by atoms with Crippen molar-refractivity contribution in [2.45, 2.75) is 44.9 Å². The maximum Gasteiger partial charge on any atom is 0.115 e. The molecule has 1 saturated heterocycles. The fourth-order valence-corrected chi connectivity index (χ4v) is 4.60. The van der Waals surface area contributed by atoms with Crippen molar-refractivity contribution in [3.05, 3.63) is 65.7 Å². The lowest BCUT2D eigenvalue weighted by molar-refractivity contribution is 0.0936. The Bertz CT molecular complexity index is 675. The van der Waals surface area contributed by atoms with Crippen LogP contribution in [0.15, 0.2) is 54.6 Å². The number of phenols is 1. The highest BCUT2D eigenvalue weighted by molar-refractivity contribution is 8.93. The van der Waals surface area contributed by atoms with Gasteiger partial charge < -0.3 is 10.0 Å². The molecule has 0 spiro atoms. The van der Waals surface area contributed by atoms with Crippen LogP contribution in [0.1, 0.15) is 44.2 Å². The Balaban J connectivity index is 0.00000243. The molecule has 0 aromatic heterocycles. The molecule has 0 radical (unpaired) electrons. The number of likely N-dealkylation sites (tertiary alicyclic amines) is 1. The van der Waals surface area contributed by atoms with Gasteiger partial charge in [0.1, 0.15) is 5.75 Å². The summed E-state index contributed by atoms with van der Waals surface area (Å²) in [6.45, 7) is 8.10. The molecule has 1 heterocycles. The number of halogens is 1. The zero-order valence-electron chi connectivity index (χ0n) is 16.0. The Morgan fingerprint density at radius 1 is 1.12 bits per heavy atom. The summed E-state index contributed by atoms with van der Waals surface area (Å²) in [4.78, 5) is 2.62. The van der Waals surface area contributed by atoms with Gasteiger partial charge in [-0.2, -0.15) is 0 Å². The van der Waals surface area contributed by atoms with Crippen LogP contribution in [0, 0.1) is 5.92 Å². The van der Waals surface area contributed by atoms with Crippen LogP contribution < -0.4 is 0 Å². The molecule has 142 valence electrons. The first-order valence-electron chi connectivity index (χ1n) is 9.70. The molecule has 2 aromatic carbocycles. The largest absolute Gasteiger partial charge is 0.508 e. The number of hydrogen-bond donors (Lipinski definition) is 1. The van der Waals surface area contributed by atoms with Crippen LogP contribution in [0.4, 0.5) is 0 Å². The van der Waals surface area contributed by atoms with Crippen LogP contribution in [-0.4, -0.2) is 29.6 Å². The lowest BCUT2D eigenvalue weighted by Gasteiger charge is -2.47. The maximum absolute atomic E-state index is 9.96. The lowest BCUT2D eigenvalue weighted by atomic mass is 9.64. The van der Waals surface area contributed by atoms with Gasteiger partial charge in [0, 0.05) is 18.5 Å². The van der Waals surface area contributed by atoms with Crippen molar-refractivity contribution >= 4 is 17.0 Å². The first-order valence-corrected chi connectivity index (χ1v) is 9.70. The van der Waals surface area contributed by atoms with Crippen LogP contribution in [0.2, 0.25) is 0 Å². The van der Waals surface area contributed by atoms with E-state index in [-0.39, 0.29) is 22.4 Å². The van der Waals surface area contributed by atoms with Crippen LogP contribution in [0.3, 0.4) is 0 Å². The minimum Gasteiger partial charge on any atom is -0.508 e. The third-order valence-electron chi connectivity index (χ3n) is 6.03. The molecule has 3 rings (SSSR count). The second kappa shape index (κ2) is 9.57. The average molecular weight is 418 g/mol. The standard InChI is InChI=1S/C23H31NO.BrH/c1-3-13-23(21-10-7-11-22(25)17-21)14-16-24(18-19(23)2)15-12-20-8-5-4-6-9-20;/h4-11,17,19,25H,3,12-16,18H2,1-2H3;1H. The van der Waals surface area contributed by atoms with Gasteiger partial charge in [0.2, 0.25) is 0 Å². The van der Waals surface area contributed by atoms with E-state index in [2.05, 4.69) is 55.1 Å². The Kier molecular flexibility index (Phi) is 7.72. The van der Waals surface area contributed by atoms with Crippen molar-refractivity contribution in [2.75, 3.05) is 19.6 Å². The lowest BCUT2D eigenvalue weighted by Crippen LogP contribution is -2.49. The molecule has 26 heavy (non-hydrogen) atoms. The van der Waals surface area contributed by atoms with E-state index in [0.29, 0.717) is 11.7 Å². The molecule has 1 fully saturated rings. The first kappa shape index (κ1) is 21.0. The van der Waals surface area contributed by atoms with Crippen LogP contribution in [0.25, 0.3) is 0 Å². The van der Waals surface area contributed by atoms with Crippen molar-refractivity contribution in [3.63, 3.8) is 0 Å². The first-order chi connectivity index (χ1) is 12.1. The van der Waals surface area contributed by atoms with Gasteiger partial charge in [-0.25, -0.2) is 0 Å². The summed E-state index contributed by atoms with van der Waals surface area (Å²) in [5.74, 6) is 0.991. The van der Waals surface area contributed by atoms with Crippen molar-refractivity contribution in [1.29, 1.82) is 0 Å². The third-order valence-corrected chi connectivity index (χ3v) is 6.03. The normalized spacial score (nSPS) is 23.4. The van der Waals surface area contributed by atoms with Crippen LogP contribution >= 0.6 is 17.0 Å². The fourth-order valence-electron chi connectivity index (χ4n) is 4.60. The Labute approximate surface area is 169 Å². The molecule has 1 aliphatic rings. The molecule has 2 aromatic rings. The molecule has 2 atom stereocenters. The topological polar surface area (TPSA) is 23.5 Å². The average Bonchev–Trinajstić information content (AvgIpc) is 2.63. The van der Waals surface area contributed by atoms with E-state index in [4.69, 9.17) is 0 Å². The number of nitrogens with zero attached hydrogens (tertiary/aromatic N) is 1. The van der Waals surface area contributed by atoms with E-state index in [0.717, 1.165) is 26.1 Å². The summed E-state index contributed by atoms with van der Waals surface area (Å²) in [6.07, 6.45) is 4.69. The van der Waals surface area contributed by atoms with Gasteiger partial charge in [0.25, 0.3) is 0 Å². The quantitative estimate of drug-likeness (QED) is 0.661. The Hall–Kier alpha value is -1.32. The van der Waals surface area contributed by atoms with E-state index in [1.165, 1.54) is 30.4 Å². The molecular formula is C23H32BrNO. The van der Waals surface area contributed by atoms with Gasteiger partial charge in [-0.05, 0) is 55.0 Å². The van der Waals surface area contributed by atoms with Gasteiger partial charge in [0.15, 0.2) is 0 Å². The number of hydrogen-bond acceptors (Lipinski definition) is 2. The van der Waals surface area contributed by atoms with E-state index in [1.54, 1.807) is 6.07 Å². The van der Waals surface area contributed by atoms with Gasteiger partial charge in [-0.15, -0.1) is 17.0 Å². The van der Waals surface area contributed by atoms with Crippen molar-refractivity contribution < 1.29 is 5.11 Å². The van der Waals surface area contributed by atoms with Crippen LogP contribution in [0.5, 0.6) is 5.75 Å². The van der Waals surface area contributed by atoms with E-state index < -0.39 is 0 Å². The zero-order valence-corrected chi connectivity index (χ0v) is 17.7. The highest BCUT2D eigenvalue weighted by atomic mass is 79.9. The third kappa shape index (κ3) is 4.69. The van der Waals surface area contributed by atoms with E-state index in [1.807, 2.05) is 12.1 Å². The van der Waals surface area contributed by atoms with Crippen molar-refractivity contribution in [2.24, 2.45) is 5.92 Å². The smallest absolute Gasteiger partial charge is 0.115 e. The minimum atomic E-state index is 0. The maximum atomic E-state index is 9.96. The minimum absolute atomic E-state index is 0. The fraction of sp³-hybridized carbons (Fsp3) is 0.478. The summed E-state index contributed by atoms with van der Waals surface area (Å²) >= 11 is 0. The van der Waals surface area contributed by atoms with Gasteiger partial charge in [-0.1, -0.05) is 62.7 Å². The number of piperidine rings is 1. The molecule has 0 bridgehead atoms. The van der Waals surface area contributed by atoms with E-state index >= 15 is 0 Å². The predicted octanol–water partition coefficient (Wildman–Crippen LogP) is 5.59. The van der Waals surface area contributed by atoms with Gasteiger partial charge in [-0.3, -0.25) is 0 Å². The summed E-state index contributed by atoms with van der Waals surface area (Å²) < 4.78 is 0. The molecule has 0 aliphatic carbocycles. The molecule has 3 heteroatoms. The zero-order chi connectivity index (χ0) is 17.7. The van der Waals surface area contributed by atoms with E-state index in [9.17, 15) is 5.11 Å². The van der Waals surface area contributed by atoms with Crippen molar-refractivity contribution in [3.8, 4) is 5.75 Å². The molecule has 1 aliphatic heterocycles. The molecular weight excluding hydrogens is 386 g/mol. The highest BCUT2D eigenvalue weighted by Crippen LogP contribution is 2.44. The number of aromatic hydroxyl groups is 1. The van der Waals surface area contributed by atoms with Gasteiger partial charge >= 0.3 is 0 Å². The second-order valence-electron chi connectivity index (χ2n) is 7.64. The highest BCUT2D eigenvalue weighted by Gasteiger charge is 2.41. The SMILES string of the molecule is Br.CCCC1(c2cccc(O)c2)CCN(CCc2ccccc2)CC1C. The summed E-state index contributed by atoms with van der Waals surface area (Å²) in [6, 6.07) is 18.8. The van der Waals surface area contributed by atoms with Crippen LogP contribution in [-0.2, 0) is 11.8 Å². The Morgan fingerprint density at radius 2 is 1.88 bits per heavy atom. The summed E-state index contributed by atoms with van der Waals surface area (Å²) in [5, 5.41) is 9.96. The predicted molar refractivity (Wildman–Crippen MR) is 115 cm³/mol. The molecule has 0 saturated carbocycles. The van der Waals surface area contributed by atoms with Gasteiger partial charge in [0.05, 0.1) is 0 Å². The second-order valence-corrected chi connectivity index (χ2v) is 7.64. The monoisotopic (exact) mass is 417 g/mol. The number of rotatable bonds is 6. The summed E-state index contributed by atoms with van der Waals surface area (Å²) in [5.41, 5.74) is 2.95. The summed E-state index contributed by atoms with van der Waals surface area (Å²) in [7, 11) is 0. The number of phenolic OH excluding ortho intramolecular Hbond substituents is 1. The molecule has 2 unspecified atom stereocenters. The Morgan fingerprint density at radius 3 is 2.54 bits per heavy atom.